The number of rotatable bonds is 6. The second-order valence-corrected chi connectivity index (χ2v) is 6.70. The van der Waals surface area contributed by atoms with Gasteiger partial charge >= 0.3 is 0 Å². The number of hydrogen-bond donors (Lipinski definition) is 1. The molecule has 29 heavy (non-hydrogen) atoms. The van der Waals surface area contributed by atoms with E-state index in [0.717, 1.165) is 28.1 Å². The van der Waals surface area contributed by atoms with Crippen molar-refractivity contribution in [3.63, 3.8) is 0 Å². The number of aromatic nitrogens is 2. The van der Waals surface area contributed by atoms with E-state index in [9.17, 15) is 4.79 Å². The van der Waals surface area contributed by atoms with Crippen LogP contribution in [-0.2, 0) is 4.79 Å². The van der Waals surface area contributed by atoms with Crippen LogP contribution in [0.3, 0.4) is 0 Å². The molecule has 0 saturated heterocycles. The Balaban J connectivity index is 1.34. The van der Waals surface area contributed by atoms with Crippen molar-refractivity contribution in [3.05, 3.63) is 97.1 Å². The second kappa shape index (κ2) is 8.44. The third-order valence-electron chi connectivity index (χ3n) is 4.60. The van der Waals surface area contributed by atoms with E-state index in [1.807, 2.05) is 78.4 Å². The number of imidazole rings is 1. The fourth-order valence-corrected chi connectivity index (χ4v) is 3.13. The van der Waals surface area contributed by atoms with Crippen LogP contribution in [0, 0.1) is 6.92 Å². The van der Waals surface area contributed by atoms with Gasteiger partial charge in [0.05, 0.1) is 6.33 Å². The van der Waals surface area contributed by atoms with Crippen molar-refractivity contribution in [3.8, 4) is 22.6 Å². The Morgan fingerprint density at radius 2 is 1.76 bits per heavy atom. The molecule has 0 saturated carbocycles. The number of amides is 1. The molecule has 3 aromatic carbocycles. The lowest BCUT2D eigenvalue weighted by Gasteiger charge is -2.11. The van der Waals surface area contributed by atoms with Gasteiger partial charge in [0.15, 0.2) is 6.61 Å². The summed E-state index contributed by atoms with van der Waals surface area (Å²) in [5.41, 5.74) is 5.05. The highest BCUT2D eigenvalue weighted by Gasteiger charge is 2.07. The fourth-order valence-electron chi connectivity index (χ4n) is 3.13. The molecule has 0 spiro atoms. The van der Waals surface area contributed by atoms with Gasteiger partial charge in [0.2, 0.25) is 0 Å². The van der Waals surface area contributed by atoms with Crippen LogP contribution in [0.25, 0.3) is 16.8 Å². The molecule has 0 aliphatic rings. The molecular weight excluding hydrogens is 362 g/mol. The molecule has 1 heterocycles. The van der Waals surface area contributed by atoms with Crippen molar-refractivity contribution >= 4 is 11.6 Å². The molecule has 0 fully saturated rings. The van der Waals surface area contributed by atoms with Gasteiger partial charge in [-0.1, -0.05) is 42.5 Å². The molecule has 4 aromatic rings. The predicted molar refractivity (Wildman–Crippen MR) is 114 cm³/mol. The monoisotopic (exact) mass is 383 g/mol. The molecule has 1 aromatic heterocycles. The fraction of sp³-hybridized carbons (Fsp3) is 0.0833. The summed E-state index contributed by atoms with van der Waals surface area (Å²) in [6, 6.07) is 23.6. The highest BCUT2D eigenvalue weighted by atomic mass is 16.5. The summed E-state index contributed by atoms with van der Waals surface area (Å²) in [5, 5.41) is 2.86. The summed E-state index contributed by atoms with van der Waals surface area (Å²) < 4.78 is 7.58. The van der Waals surface area contributed by atoms with Crippen molar-refractivity contribution in [1.29, 1.82) is 0 Å². The van der Waals surface area contributed by atoms with Crippen LogP contribution in [-0.4, -0.2) is 22.1 Å². The minimum atomic E-state index is -0.200. The van der Waals surface area contributed by atoms with E-state index in [2.05, 4.69) is 22.4 Å². The normalized spacial score (nSPS) is 10.5. The van der Waals surface area contributed by atoms with Crippen molar-refractivity contribution < 1.29 is 9.53 Å². The lowest BCUT2D eigenvalue weighted by molar-refractivity contribution is -0.118. The first-order valence-corrected chi connectivity index (χ1v) is 9.36. The zero-order chi connectivity index (χ0) is 20.1. The Kier molecular flexibility index (Phi) is 5.38. The standard InChI is InChI=1S/C24H21N3O2/c1-18-15-22(11-12-23(18)27-14-13-25-17-27)29-16-24(28)26-21-9-7-20(8-10-21)19-5-3-2-4-6-19/h2-15,17H,16H2,1H3,(H,26,28). The average Bonchev–Trinajstić information content (AvgIpc) is 3.28. The lowest BCUT2D eigenvalue weighted by Crippen LogP contribution is -2.20. The molecule has 5 heteroatoms. The SMILES string of the molecule is Cc1cc(OCC(=O)Nc2ccc(-c3ccccc3)cc2)ccc1-n1ccnc1. The second-order valence-electron chi connectivity index (χ2n) is 6.70. The van der Waals surface area contributed by atoms with Crippen molar-refractivity contribution in [1.82, 2.24) is 9.55 Å². The number of hydrogen-bond acceptors (Lipinski definition) is 3. The maximum Gasteiger partial charge on any atom is 0.262 e. The Morgan fingerprint density at radius 3 is 2.45 bits per heavy atom. The molecule has 0 atom stereocenters. The first kappa shape index (κ1) is 18.5. The quantitative estimate of drug-likeness (QED) is 0.517. The van der Waals surface area contributed by atoms with Gasteiger partial charge in [-0.2, -0.15) is 0 Å². The number of anilines is 1. The first-order chi connectivity index (χ1) is 14.2. The van der Waals surface area contributed by atoms with Crippen molar-refractivity contribution in [2.45, 2.75) is 6.92 Å². The highest BCUT2D eigenvalue weighted by Crippen LogP contribution is 2.22. The Labute approximate surface area is 169 Å². The molecule has 5 nitrogen and oxygen atoms in total. The third-order valence-corrected chi connectivity index (χ3v) is 4.60. The van der Waals surface area contributed by atoms with Crippen LogP contribution in [0.1, 0.15) is 5.56 Å². The van der Waals surface area contributed by atoms with Gasteiger partial charge in [0.25, 0.3) is 5.91 Å². The van der Waals surface area contributed by atoms with Gasteiger partial charge in [0, 0.05) is 23.8 Å². The molecular formula is C24H21N3O2. The van der Waals surface area contributed by atoms with Crippen LogP contribution in [0.5, 0.6) is 5.75 Å². The Bertz CT molecular complexity index is 1090. The summed E-state index contributed by atoms with van der Waals surface area (Å²) in [6.07, 6.45) is 5.37. The van der Waals surface area contributed by atoms with E-state index in [-0.39, 0.29) is 12.5 Å². The summed E-state index contributed by atoms with van der Waals surface area (Å²) in [6.45, 7) is 1.95. The molecule has 1 amide bonds. The number of aryl methyl sites for hydroxylation is 1. The van der Waals surface area contributed by atoms with Crippen LogP contribution in [0.4, 0.5) is 5.69 Å². The van der Waals surface area contributed by atoms with Gasteiger partial charge in [-0.25, -0.2) is 4.98 Å². The largest absolute Gasteiger partial charge is 0.484 e. The topological polar surface area (TPSA) is 56.1 Å². The number of carbonyl (C=O) groups is 1. The van der Waals surface area contributed by atoms with E-state index in [1.165, 1.54) is 0 Å². The third kappa shape index (κ3) is 4.52. The number of nitrogens with one attached hydrogen (secondary N) is 1. The van der Waals surface area contributed by atoms with Gasteiger partial charge in [-0.15, -0.1) is 0 Å². The highest BCUT2D eigenvalue weighted by molar-refractivity contribution is 5.92. The minimum absolute atomic E-state index is 0.0513. The zero-order valence-corrected chi connectivity index (χ0v) is 16.1. The van der Waals surface area contributed by atoms with Gasteiger partial charge in [0.1, 0.15) is 5.75 Å². The summed E-state index contributed by atoms with van der Waals surface area (Å²) in [5.74, 6) is 0.453. The van der Waals surface area contributed by atoms with Crippen molar-refractivity contribution in [2.75, 3.05) is 11.9 Å². The number of carbonyl (C=O) groups excluding carboxylic acids is 1. The molecule has 144 valence electrons. The number of ether oxygens (including phenoxy) is 1. The van der Waals surface area contributed by atoms with Gasteiger partial charge in [-0.3, -0.25) is 4.79 Å². The van der Waals surface area contributed by atoms with Crippen LogP contribution in [0.2, 0.25) is 0 Å². The summed E-state index contributed by atoms with van der Waals surface area (Å²) >= 11 is 0. The molecule has 4 rings (SSSR count). The maximum atomic E-state index is 12.2. The predicted octanol–water partition coefficient (Wildman–Crippen LogP) is 4.87. The van der Waals surface area contributed by atoms with E-state index in [0.29, 0.717) is 5.75 Å². The van der Waals surface area contributed by atoms with Gasteiger partial charge < -0.3 is 14.6 Å². The van der Waals surface area contributed by atoms with E-state index >= 15 is 0 Å². The van der Waals surface area contributed by atoms with Crippen LogP contribution < -0.4 is 10.1 Å². The molecule has 1 N–H and O–H groups in total. The van der Waals surface area contributed by atoms with Crippen LogP contribution in [0.15, 0.2) is 91.5 Å². The zero-order valence-electron chi connectivity index (χ0n) is 16.1. The molecule has 0 aliphatic carbocycles. The smallest absolute Gasteiger partial charge is 0.262 e. The molecule has 0 aliphatic heterocycles. The van der Waals surface area contributed by atoms with Crippen LogP contribution >= 0.6 is 0 Å². The molecule has 0 radical (unpaired) electrons. The maximum absolute atomic E-state index is 12.2. The summed E-state index contributed by atoms with van der Waals surface area (Å²) in [7, 11) is 0. The minimum Gasteiger partial charge on any atom is -0.484 e. The number of nitrogens with zero attached hydrogens (tertiary/aromatic N) is 2. The Morgan fingerprint density at radius 1 is 1.00 bits per heavy atom. The lowest BCUT2D eigenvalue weighted by atomic mass is 10.1. The Hall–Kier alpha value is -3.86. The molecule has 0 unspecified atom stereocenters. The number of benzene rings is 3. The summed E-state index contributed by atoms with van der Waals surface area (Å²) in [4.78, 5) is 16.3. The first-order valence-electron chi connectivity index (χ1n) is 9.36. The average molecular weight is 383 g/mol. The van der Waals surface area contributed by atoms with E-state index < -0.39 is 0 Å². The van der Waals surface area contributed by atoms with Gasteiger partial charge in [-0.05, 0) is 53.9 Å². The van der Waals surface area contributed by atoms with Crippen molar-refractivity contribution in [2.24, 2.45) is 0 Å². The van der Waals surface area contributed by atoms with E-state index in [1.54, 1.807) is 12.5 Å². The molecule has 0 bridgehead atoms. The van der Waals surface area contributed by atoms with E-state index in [4.69, 9.17) is 4.74 Å².